The minimum atomic E-state index is 0.443. The molecule has 0 fully saturated rings. The molecule has 0 atom stereocenters. The van der Waals surface area contributed by atoms with Crippen LogP contribution in [0.3, 0.4) is 0 Å². The van der Waals surface area contributed by atoms with Crippen LogP contribution in [0.4, 0.5) is 17.1 Å². The van der Waals surface area contributed by atoms with Crippen molar-refractivity contribution in [1.29, 1.82) is 0 Å². The Morgan fingerprint density at radius 1 is 1.19 bits per heavy atom. The zero-order valence-corrected chi connectivity index (χ0v) is 13.3. The number of hydrogen-bond acceptors (Lipinski definition) is 3. The van der Waals surface area contributed by atoms with E-state index < -0.39 is 0 Å². The van der Waals surface area contributed by atoms with Crippen molar-refractivity contribution in [2.45, 2.75) is 6.92 Å². The summed E-state index contributed by atoms with van der Waals surface area (Å²) in [6.45, 7) is 1.92. The van der Waals surface area contributed by atoms with E-state index in [2.05, 4.69) is 10.6 Å². The summed E-state index contributed by atoms with van der Waals surface area (Å²) in [7, 11) is 1.60. The molecule has 4 nitrogen and oxygen atoms in total. The maximum absolute atomic E-state index is 6.13. The van der Waals surface area contributed by atoms with Gasteiger partial charge in [0.25, 0.3) is 0 Å². The third-order valence-corrected chi connectivity index (χ3v) is 3.51. The summed E-state index contributed by atoms with van der Waals surface area (Å²) >= 11 is 11.4. The molecule has 0 aromatic heterocycles. The molecule has 0 aliphatic rings. The fraction of sp³-hybridized carbons (Fsp3) is 0.133. The quantitative estimate of drug-likeness (QED) is 0.588. The average Bonchev–Trinajstić information content (AvgIpc) is 2.45. The molecular weight excluding hydrogens is 306 g/mol. The maximum atomic E-state index is 6.13. The molecule has 6 heteroatoms. The van der Waals surface area contributed by atoms with E-state index in [1.54, 1.807) is 25.3 Å². The van der Waals surface area contributed by atoms with Crippen molar-refractivity contribution < 1.29 is 4.74 Å². The van der Waals surface area contributed by atoms with Crippen LogP contribution in [0.2, 0.25) is 5.02 Å². The topological polar surface area (TPSA) is 59.3 Å². The monoisotopic (exact) mass is 321 g/mol. The van der Waals surface area contributed by atoms with Gasteiger partial charge >= 0.3 is 0 Å². The van der Waals surface area contributed by atoms with Crippen molar-refractivity contribution in [3.8, 4) is 5.75 Å². The van der Waals surface area contributed by atoms with Crippen molar-refractivity contribution in [2.24, 2.45) is 0 Å². The Labute approximate surface area is 134 Å². The Bertz CT molecular complexity index is 659. The molecule has 0 radical (unpaired) electrons. The molecule has 2 aromatic rings. The van der Waals surface area contributed by atoms with Crippen LogP contribution in [0.5, 0.6) is 5.75 Å². The second-order valence-electron chi connectivity index (χ2n) is 4.50. The van der Waals surface area contributed by atoms with Crippen LogP contribution in [0.15, 0.2) is 36.4 Å². The molecule has 0 aliphatic heterocycles. The van der Waals surface area contributed by atoms with Gasteiger partial charge in [0.15, 0.2) is 5.11 Å². The number of nitrogens with one attached hydrogen (secondary N) is 2. The van der Waals surface area contributed by atoms with Crippen LogP contribution in [-0.4, -0.2) is 12.2 Å². The number of halogens is 1. The van der Waals surface area contributed by atoms with Crippen LogP contribution in [-0.2, 0) is 0 Å². The Kier molecular flexibility index (Phi) is 4.88. The van der Waals surface area contributed by atoms with Crippen molar-refractivity contribution in [2.75, 3.05) is 23.5 Å². The lowest BCUT2D eigenvalue weighted by Crippen LogP contribution is -2.19. The maximum Gasteiger partial charge on any atom is 0.175 e. The molecule has 2 rings (SSSR count). The van der Waals surface area contributed by atoms with E-state index in [-0.39, 0.29) is 0 Å². The molecule has 0 aliphatic carbocycles. The summed E-state index contributed by atoms with van der Waals surface area (Å²) in [4.78, 5) is 0. The van der Waals surface area contributed by atoms with Gasteiger partial charge in [0.2, 0.25) is 0 Å². The molecule has 0 amide bonds. The number of benzene rings is 2. The first-order valence-electron chi connectivity index (χ1n) is 6.27. The molecule has 0 unspecified atom stereocenters. The second kappa shape index (κ2) is 6.65. The van der Waals surface area contributed by atoms with Gasteiger partial charge in [-0.05, 0) is 61.1 Å². The molecule has 0 heterocycles. The summed E-state index contributed by atoms with van der Waals surface area (Å²) in [5.41, 5.74) is 8.84. The van der Waals surface area contributed by atoms with E-state index in [0.717, 1.165) is 11.3 Å². The number of rotatable bonds is 3. The summed E-state index contributed by atoms with van der Waals surface area (Å²) in [6, 6.07) is 10.9. The Balaban J connectivity index is 2.12. The van der Waals surface area contributed by atoms with Gasteiger partial charge in [0, 0.05) is 16.4 Å². The van der Waals surface area contributed by atoms with Gasteiger partial charge in [0.05, 0.1) is 12.8 Å². The van der Waals surface area contributed by atoms with Crippen LogP contribution in [0.25, 0.3) is 0 Å². The van der Waals surface area contributed by atoms with Crippen molar-refractivity contribution >= 4 is 46.0 Å². The van der Waals surface area contributed by atoms with Crippen LogP contribution >= 0.6 is 23.8 Å². The highest BCUT2D eigenvalue weighted by molar-refractivity contribution is 7.80. The number of thiocarbonyl (C=S) groups is 1. The normalized spacial score (nSPS) is 10.0. The SMILES string of the molecule is COc1cc(C)c(Cl)cc1NC(=S)Nc1ccc(N)cc1. The summed E-state index contributed by atoms with van der Waals surface area (Å²) in [5.74, 6) is 0.679. The highest BCUT2D eigenvalue weighted by atomic mass is 35.5. The molecule has 0 saturated heterocycles. The highest BCUT2D eigenvalue weighted by Gasteiger charge is 2.08. The fourth-order valence-electron chi connectivity index (χ4n) is 1.77. The van der Waals surface area contributed by atoms with Gasteiger partial charge in [-0.3, -0.25) is 0 Å². The summed E-state index contributed by atoms with van der Waals surface area (Å²) in [5, 5.41) is 7.23. The van der Waals surface area contributed by atoms with E-state index in [1.165, 1.54) is 0 Å². The number of nitrogen functional groups attached to an aromatic ring is 1. The van der Waals surface area contributed by atoms with E-state index in [1.807, 2.05) is 25.1 Å². The first-order valence-corrected chi connectivity index (χ1v) is 7.06. The summed E-state index contributed by atoms with van der Waals surface area (Å²) < 4.78 is 5.32. The number of anilines is 3. The largest absolute Gasteiger partial charge is 0.495 e. The second-order valence-corrected chi connectivity index (χ2v) is 5.32. The number of nitrogens with two attached hydrogens (primary N) is 1. The van der Waals surface area contributed by atoms with Gasteiger partial charge in [0.1, 0.15) is 5.75 Å². The van der Waals surface area contributed by atoms with E-state index in [9.17, 15) is 0 Å². The van der Waals surface area contributed by atoms with Gasteiger partial charge < -0.3 is 21.1 Å². The molecular formula is C15H16ClN3OS. The highest BCUT2D eigenvalue weighted by Crippen LogP contribution is 2.31. The molecule has 2 aromatic carbocycles. The smallest absolute Gasteiger partial charge is 0.175 e. The van der Waals surface area contributed by atoms with Crippen molar-refractivity contribution in [3.05, 3.63) is 47.0 Å². The van der Waals surface area contributed by atoms with Gasteiger partial charge in [-0.1, -0.05) is 11.6 Å². The van der Waals surface area contributed by atoms with E-state index in [0.29, 0.717) is 27.3 Å². The van der Waals surface area contributed by atoms with Gasteiger partial charge in [-0.25, -0.2) is 0 Å². The Morgan fingerprint density at radius 2 is 1.86 bits per heavy atom. The molecule has 0 bridgehead atoms. The van der Waals surface area contributed by atoms with Crippen molar-refractivity contribution in [3.63, 3.8) is 0 Å². The Morgan fingerprint density at radius 3 is 2.48 bits per heavy atom. The third-order valence-electron chi connectivity index (χ3n) is 2.90. The molecule has 4 N–H and O–H groups in total. The number of aryl methyl sites for hydroxylation is 1. The number of hydrogen-bond donors (Lipinski definition) is 3. The third kappa shape index (κ3) is 4.00. The van der Waals surface area contributed by atoms with E-state index in [4.69, 9.17) is 34.3 Å². The first kappa shape index (κ1) is 15.4. The fourth-order valence-corrected chi connectivity index (χ4v) is 2.16. The van der Waals surface area contributed by atoms with Crippen LogP contribution in [0, 0.1) is 6.92 Å². The number of ether oxygens (including phenoxy) is 1. The zero-order valence-electron chi connectivity index (χ0n) is 11.7. The molecule has 21 heavy (non-hydrogen) atoms. The first-order chi connectivity index (χ1) is 9.99. The van der Waals surface area contributed by atoms with E-state index >= 15 is 0 Å². The predicted octanol–water partition coefficient (Wildman–Crippen LogP) is 4.05. The molecule has 110 valence electrons. The lowest BCUT2D eigenvalue weighted by molar-refractivity contribution is 0.416. The lowest BCUT2D eigenvalue weighted by atomic mass is 10.2. The molecule has 0 saturated carbocycles. The Hall–Kier alpha value is -1.98. The molecule has 0 spiro atoms. The zero-order chi connectivity index (χ0) is 15.4. The van der Waals surface area contributed by atoms with Gasteiger partial charge in [-0.15, -0.1) is 0 Å². The van der Waals surface area contributed by atoms with Crippen LogP contribution < -0.4 is 21.1 Å². The average molecular weight is 322 g/mol. The lowest BCUT2D eigenvalue weighted by Gasteiger charge is -2.15. The predicted molar refractivity (Wildman–Crippen MR) is 93.4 cm³/mol. The van der Waals surface area contributed by atoms with Gasteiger partial charge in [-0.2, -0.15) is 0 Å². The summed E-state index contributed by atoms with van der Waals surface area (Å²) in [6.07, 6.45) is 0. The van der Waals surface area contributed by atoms with Crippen molar-refractivity contribution in [1.82, 2.24) is 0 Å². The van der Waals surface area contributed by atoms with Crippen LogP contribution in [0.1, 0.15) is 5.56 Å². The minimum absolute atomic E-state index is 0.443. The standard InChI is InChI=1S/C15H16ClN3OS/c1-9-7-14(20-2)13(8-12(9)16)19-15(21)18-11-5-3-10(17)4-6-11/h3-8H,17H2,1-2H3,(H2,18,19,21). The minimum Gasteiger partial charge on any atom is -0.495 e. The number of methoxy groups -OCH3 is 1.